The Labute approximate surface area is 123 Å². The molecule has 0 radical (unpaired) electrons. The molecular weight excluding hydrogens is 272 g/mol. The zero-order valence-corrected chi connectivity index (χ0v) is 12.2. The number of carbonyl (C=O) groups excluding carboxylic acids is 2. The Morgan fingerprint density at radius 1 is 1.24 bits per heavy atom. The van der Waals surface area contributed by atoms with Crippen molar-refractivity contribution in [1.82, 2.24) is 10.2 Å². The molecule has 1 aromatic rings. The molecule has 0 aliphatic rings. The zero-order chi connectivity index (χ0) is 15.8. The normalized spacial score (nSPS) is 11.5. The van der Waals surface area contributed by atoms with Crippen LogP contribution in [0.1, 0.15) is 30.1 Å². The predicted octanol–water partition coefficient (Wildman–Crippen LogP) is 1.13. The predicted molar refractivity (Wildman–Crippen MR) is 77.9 cm³/mol. The number of carboxylic acid groups (broad SMARTS) is 1. The van der Waals surface area contributed by atoms with Crippen LogP contribution in [0.15, 0.2) is 30.3 Å². The number of nitrogens with zero attached hydrogens (tertiary/aromatic N) is 1. The maximum atomic E-state index is 12.1. The lowest BCUT2D eigenvalue weighted by Gasteiger charge is -2.20. The number of hydrogen-bond acceptors (Lipinski definition) is 3. The van der Waals surface area contributed by atoms with Crippen LogP contribution in [0.2, 0.25) is 0 Å². The molecule has 0 aliphatic carbocycles. The van der Waals surface area contributed by atoms with Crippen molar-refractivity contribution in [2.24, 2.45) is 0 Å². The van der Waals surface area contributed by atoms with Crippen molar-refractivity contribution in [3.63, 3.8) is 0 Å². The molecule has 0 heterocycles. The van der Waals surface area contributed by atoms with E-state index >= 15 is 0 Å². The smallest absolute Gasteiger partial charge is 0.305 e. The number of benzene rings is 1. The number of rotatable bonds is 7. The molecule has 21 heavy (non-hydrogen) atoms. The van der Waals surface area contributed by atoms with E-state index in [4.69, 9.17) is 5.11 Å². The summed E-state index contributed by atoms with van der Waals surface area (Å²) in [6, 6.07) is 8.24. The van der Waals surface area contributed by atoms with E-state index in [0.29, 0.717) is 12.0 Å². The van der Waals surface area contributed by atoms with Gasteiger partial charge in [-0.2, -0.15) is 0 Å². The van der Waals surface area contributed by atoms with Crippen molar-refractivity contribution in [2.45, 2.75) is 25.8 Å². The molecule has 2 amide bonds. The van der Waals surface area contributed by atoms with Gasteiger partial charge in [-0.15, -0.1) is 0 Å². The lowest BCUT2D eigenvalue weighted by Crippen LogP contribution is -2.43. The van der Waals surface area contributed by atoms with Gasteiger partial charge >= 0.3 is 5.97 Å². The number of likely N-dealkylation sites (N-methyl/N-ethyl adjacent to an activating group) is 1. The van der Waals surface area contributed by atoms with Crippen LogP contribution >= 0.6 is 0 Å². The summed E-state index contributed by atoms with van der Waals surface area (Å²) in [6.07, 6.45) is 0.396. The quantitative estimate of drug-likeness (QED) is 0.788. The fourth-order valence-electron chi connectivity index (χ4n) is 1.87. The Bertz CT molecular complexity index is 502. The topological polar surface area (TPSA) is 86.7 Å². The van der Waals surface area contributed by atoms with Crippen molar-refractivity contribution >= 4 is 17.8 Å². The van der Waals surface area contributed by atoms with E-state index < -0.39 is 12.0 Å². The summed E-state index contributed by atoms with van der Waals surface area (Å²) < 4.78 is 0. The van der Waals surface area contributed by atoms with Crippen molar-refractivity contribution in [1.29, 1.82) is 0 Å². The SMILES string of the molecule is CCC(CC(=O)O)NC(=O)CN(C)C(=O)c1ccccc1. The van der Waals surface area contributed by atoms with E-state index in [1.54, 1.807) is 37.3 Å². The molecule has 6 heteroatoms. The third-order valence-electron chi connectivity index (χ3n) is 3.03. The molecule has 0 aliphatic heterocycles. The summed E-state index contributed by atoms with van der Waals surface area (Å²) >= 11 is 0. The van der Waals surface area contributed by atoms with Gasteiger partial charge in [-0.1, -0.05) is 25.1 Å². The average Bonchev–Trinajstić information content (AvgIpc) is 2.45. The monoisotopic (exact) mass is 292 g/mol. The number of amides is 2. The lowest BCUT2D eigenvalue weighted by atomic mass is 10.1. The average molecular weight is 292 g/mol. The van der Waals surface area contributed by atoms with Gasteiger partial charge in [0.05, 0.1) is 13.0 Å². The summed E-state index contributed by atoms with van der Waals surface area (Å²) in [5.74, 6) is -1.58. The Morgan fingerprint density at radius 3 is 2.38 bits per heavy atom. The highest BCUT2D eigenvalue weighted by Gasteiger charge is 2.18. The molecule has 0 fully saturated rings. The van der Waals surface area contributed by atoms with Crippen LogP contribution in [0.5, 0.6) is 0 Å². The minimum atomic E-state index is -0.962. The van der Waals surface area contributed by atoms with Crippen LogP contribution in [0.25, 0.3) is 0 Å². The van der Waals surface area contributed by atoms with Gasteiger partial charge in [0.2, 0.25) is 5.91 Å². The van der Waals surface area contributed by atoms with Crippen LogP contribution in [-0.4, -0.2) is 47.4 Å². The molecule has 1 atom stereocenters. The van der Waals surface area contributed by atoms with Crippen LogP contribution in [0.3, 0.4) is 0 Å². The van der Waals surface area contributed by atoms with Gasteiger partial charge in [-0.25, -0.2) is 0 Å². The maximum Gasteiger partial charge on any atom is 0.305 e. The second-order valence-electron chi connectivity index (χ2n) is 4.80. The molecule has 0 aromatic heterocycles. The van der Waals surface area contributed by atoms with Gasteiger partial charge in [-0.05, 0) is 18.6 Å². The number of carbonyl (C=O) groups is 3. The molecular formula is C15H20N2O4. The number of carboxylic acids is 1. The molecule has 6 nitrogen and oxygen atoms in total. The first-order chi connectivity index (χ1) is 9.93. The van der Waals surface area contributed by atoms with Crippen molar-refractivity contribution < 1.29 is 19.5 Å². The Hall–Kier alpha value is -2.37. The van der Waals surface area contributed by atoms with Gasteiger partial charge in [0, 0.05) is 18.7 Å². The van der Waals surface area contributed by atoms with E-state index in [1.807, 2.05) is 0 Å². The third kappa shape index (κ3) is 5.64. The molecule has 2 N–H and O–H groups in total. The third-order valence-corrected chi connectivity index (χ3v) is 3.03. The first-order valence-corrected chi connectivity index (χ1v) is 6.75. The van der Waals surface area contributed by atoms with E-state index in [-0.39, 0.29) is 24.8 Å². The Balaban J connectivity index is 2.54. The van der Waals surface area contributed by atoms with E-state index in [9.17, 15) is 14.4 Å². The Morgan fingerprint density at radius 2 is 1.86 bits per heavy atom. The summed E-state index contributed by atoms with van der Waals surface area (Å²) in [5, 5.41) is 11.4. The minimum absolute atomic E-state index is 0.107. The second-order valence-corrected chi connectivity index (χ2v) is 4.80. The highest BCUT2D eigenvalue weighted by atomic mass is 16.4. The Kier molecular flexibility index (Phi) is 6.39. The molecule has 1 rings (SSSR count). The van der Waals surface area contributed by atoms with Gasteiger partial charge in [0.25, 0.3) is 5.91 Å². The van der Waals surface area contributed by atoms with Gasteiger partial charge in [0.15, 0.2) is 0 Å². The summed E-state index contributed by atoms with van der Waals surface area (Å²) in [6.45, 7) is 1.69. The van der Waals surface area contributed by atoms with Crippen molar-refractivity contribution in [3.8, 4) is 0 Å². The van der Waals surface area contributed by atoms with E-state index in [1.165, 1.54) is 11.9 Å². The highest BCUT2D eigenvalue weighted by Crippen LogP contribution is 2.03. The van der Waals surface area contributed by atoms with E-state index in [0.717, 1.165) is 0 Å². The minimum Gasteiger partial charge on any atom is -0.481 e. The van der Waals surface area contributed by atoms with Gasteiger partial charge < -0.3 is 15.3 Å². The molecule has 1 aromatic carbocycles. The molecule has 0 bridgehead atoms. The summed E-state index contributed by atoms with van der Waals surface area (Å²) in [7, 11) is 1.53. The van der Waals surface area contributed by atoms with Crippen LogP contribution < -0.4 is 5.32 Å². The van der Waals surface area contributed by atoms with Crippen LogP contribution in [0, 0.1) is 0 Å². The first-order valence-electron chi connectivity index (χ1n) is 6.75. The van der Waals surface area contributed by atoms with Gasteiger partial charge in [-0.3, -0.25) is 14.4 Å². The first kappa shape index (κ1) is 16.7. The second kappa shape index (κ2) is 8.04. The van der Waals surface area contributed by atoms with Crippen molar-refractivity contribution in [2.75, 3.05) is 13.6 Å². The zero-order valence-electron chi connectivity index (χ0n) is 12.2. The number of hydrogen-bond donors (Lipinski definition) is 2. The largest absolute Gasteiger partial charge is 0.481 e. The maximum absolute atomic E-state index is 12.1. The fourth-order valence-corrected chi connectivity index (χ4v) is 1.87. The van der Waals surface area contributed by atoms with Crippen LogP contribution in [-0.2, 0) is 9.59 Å². The molecule has 0 spiro atoms. The lowest BCUT2D eigenvalue weighted by molar-refractivity contribution is -0.137. The molecule has 114 valence electrons. The van der Waals surface area contributed by atoms with Crippen LogP contribution in [0.4, 0.5) is 0 Å². The molecule has 1 unspecified atom stereocenters. The number of aliphatic carboxylic acids is 1. The van der Waals surface area contributed by atoms with Crippen molar-refractivity contribution in [3.05, 3.63) is 35.9 Å². The highest BCUT2D eigenvalue weighted by molar-refractivity contribution is 5.96. The van der Waals surface area contributed by atoms with Gasteiger partial charge in [0.1, 0.15) is 0 Å². The molecule has 0 saturated carbocycles. The number of nitrogens with one attached hydrogen (secondary N) is 1. The summed E-state index contributed by atoms with van der Waals surface area (Å²) in [5.41, 5.74) is 0.505. The standard InChI is InChI=1S/C15H20N2O4/c1-3-12(9-14(19)20)16-13(18)10-17(2)15(21)11-7-5-4-6-8-11/h4-8,12H,3,9-10H2,1-2H3,(H,16,18)(H,19,20). The van der Waals surface area contributed by atoms with E-state index in [2.05, 4.69) is 5.32 Å². The fraction of sp³-hybridized carbons (Fsp3) is 0.400. The summed E-state index contributed by atoms with van der Waals surface area (Å²) in [4.78, 5) is 35.9. The molecule has 0 saturated heterocycles.